The number of hydrogen-bond donors (Lipinski definition) is 2. The second-order valence-electron chi connectivity index (χ2n) is 5.33. The highest BCUT2D eigenvalue weighted by Gasteiger charge is 2.23. The number of carbonyl (C=O) groups excluding carboxylic acids is 2. The van der Waals surface area contributed by atoms with E-state index >= 15 is 0 Å². The van der Waals surface area contributed by atoms with Gasteiger partial charge < -0.3 is 15.4 Å². The molecule has 0 radical (unpaired) electrons. The van der Waals surface area contributed by atoms with Crippen LogP contribution in [0, 0.1) is 0 Å². The van der Waals surface area contributed by atoms with E-state index < -0.39 is 6.10 Å². The third-order valence-electron chi connectivity index (χ3n) is 3.60. The Morgan fingerprint density at radius 3 is 3.04 bits per heavy atom. The van der Waals surface area contributed by atoms with Gasteiger partial charge in [0.05, 0.1) is 11.3 Å². The van der Waals surface area contributed by atoms with Crippen molar-refractivity contribution in [2.75, 3.05) is 11.9 Å². The first kappa shape index (κ1) is 15.0. The van der Waals surface area contributed by atoms with Crippen LogP contribution in [-0.2, 0) is 11.2 Å². The van der Waals surface area contributed by atoms with Crippen LogP contribution in [-0.4, -0.2) is 29.4 Å². The monoisotopic (exact) mass is 311 g/mol. The number of amides is 2. The summed E-state index contributed by atoms with van der Waals surface area (Å²) in [5.41, 5.74) is 2.21. The number of anilines is 1. The SMILES string of the molecule is CC1Oc2ccc(CCNC(=O)c3cccnc3)cc2NC1=O. The molecule has 23 heavy (non-hydrogen) atoms. The molecule has 2 N–H and O–H groups in total. The average molecular weight is 311 g/mol. The molecule has 1 aliphatic heterocycles. The summed E-state index contributed by atoms with van der Waals surface area (Å²) >= 11 is 0. The van der Waals surface area contributed by atoms with Gasteiger partial charge in [-0.2, -0.15) is 0 Å². The highest BCUT2D eigenvalue weighted by Crippen LogP contribution is 2.30. The molecule has 0 bridgehead atoms. The van der Waals surface area contributed by atoms with Crippen molar-refractivity contribution in [1.82, 2.24) is 10.3 Å². The number of rotatable bonds is 4. The summed E-state index contributed by atoms with van der Waals surface area (Å²) in [7, 11) is 0. The molecule has 2 heterocycles. The molecule has 1 aliphatic rings. The van der Waals surface area contributed by atoms with Crippen LogP contribution >= 0.6 is 0 Å². The van der Waals surface area contributed by atoms with Gasteiger partial charge in [0.15, 0.2) is 6.10 Å². The topological polar surface area (TPSA) is 80.3 Å². The summed E-state index contributed by atoms with van der Waals surface area (Å²) in [6.45, 7) is 2.21. The van der Waals surface area contributed by atoms with Crippen molar-refractivity contribution in [2.45, 2.75) is 19.4 Å². The highest BCUT2D eigenvalue weighted by atomic mass is 16.5. The number of fused-ring (bicyclic) bond motifs is 1. The third-order valence-corrected chi connectivity index (χ3v) is 3.60. The fourth-order valence-corrected chi connectivity index (χ4v) is 2.33. The Hall–Kier alpha value is -2.89. The van der Waals surface area contributed by atoms with Gasteiger partial charge in [0, 0.05) is 18.9 Å². The van der Waals surface area contributed by atoms with E-state index in [1.165, 1.54) is 6.20 Å². The van der Waals surface area contributed by atoms with Crippen molar-refractivity contribution >= 4 is 17.5 Å². The first-order chi connectivity index (χ1) is 11.1. The van der Waals surface area contributed by atoms with Gasteiger partial charge in [0.1, 0.15) is 5.75 Å². The molecule has 3 rings (SSSR count). The van der Waals surface area contributed by atoms with Crippen LogP contribution in [0.2, 0.25) is 0 Å². The van der Waals surface area contributed by atoms with Gasteiger partial charge in [-0.3, -0.25) is 14.6 Å². The molecule has 1 unspecified atom stereocenters. The molecule has 118 valence electrons. The molecule has 2 amide bonds. The Kier molecular flexibility index (Phi) is 4.23. The summed E-state index contributed by atoms with van der Waals surface area (Å²) < 4.78 is 5.51. The lowest BCUT2D eigenvalue weighted by Crippen LogP contribution is -2.34. The fourth-order valence-electron chi connectivity index (χ4n) is 2.33. The molecular weight excluding hydrogens is 294 g/mol. The van der Waals surface area contributed by atoms with E-state index in [2.05, 4.69) is 15.6 Å². The van der Waals surface area contributed by atoms with E-state index in [-0.39, 0.29) is 11.8 Å². The highest BCUT2D eigenvalue weighted by molar-refractivity contribution is 5.97. The Labute approximate surface area is 133 Å². The van der Waals surface area contributed by atoms with Crippen LogP contribution in [0.4, 0.5) is 5.69 Å². The summed E-state index contributed by atoms with van der Waals surface area (Å²) in [4.78, 5) is 27.5. The van der Waals surface area contributed by atoms with Crippen LogP contribution < -0.4 is 15.4 Å². The van der Waals surface area contributed by atoms with Gasteiger partial charge in [-0.15, -0.1) is 0 Å². The van der Waals surface area contributed by atoms with Crippen LogP contribution in [0.5, 0.6) is 5.75 Å². The van der Waals surface area contributed by atoms with E-state index in [1.807, 2.05) is 18.2 Å². The Bertz CT molecular complexity index is 731. The number of benzene rings is 1. The van der Waals surface area contributed by atoms with Crippen molar-refractivity contribution in [1.29, 1.82) is 0 Å². The largest absolute Gasteiger partial charge is 0.479 e. The van der Waals surface area contributed by atoms with Crippen LogP contribution in [0.15, 0.2) is 42.7 Å². The van der Waals surface area contributed by atoms with Crippen molar-refractivity contribution < 1.29 is 14.3 Å². The number of aromatic nitrogens is 1. The normalized spacial score (nSPS) is 16.0. The molecule has 0 saturated carbocycles. The minimum atomic E-state index is -0.480. The zero-order valence-electron chi connectivity index (χ0n) is 12.7. The zero-order chi connectivity index (χ0) is 16.2. The summed E-state index contributed by atoms with van der Waals surface area (Å²) in [6.07, 6.45) is 3.33. The molecule has 0 spiro atoms. The van der Waals surface area contributed by atoms with Crippen molar-refractivity contribution in [3.05, 3.63) is 53.9 Å². The number of ether oxygens (including phenoxy) is 1. The van der Waals surface area contributed by atoms with E-state index in [0.717, 1.165) is 5.56 Å². The van der Waals surface area contributed by atoms with Gasteiger partial charge in [-0.25, -0.2) is 0 Å². The van der Waals surface area contributed by atoms with Crippen molar-refractivity contribution in [3.63, 3.8) is 0 Å². The van der Waals surface area contributed by atoms with E-state index in [4.69, 9.17) is 4.74 Å². The number of hydrogen-bond acceptors (Lipinski definition) is 4. The lowest BCUT2D eigenvalue weighted by atomic mass is 10.1. The quantitative estimate of drug-likeness (QED) is 0.902. The van der Waals surface area contributed by atoms with Gasteiger partial charge in [-0.1, -0.05) is 6.07 Å². The number of nitrogens with one attached hydrogen (secondary N) is 2. The lowest BCUT2D eigenvalue weighted by molar-refractivity contribution is -0.122. The van der Waals surface area contributed by atoms with E-state index in [0.29, 0.717) is 30.0 Å². The van der Waals surface area contributed by atoms with E-state index in [1.54, 1.807) is 25.3 Å². The summed E-state index contributed by atoms with van der Waals surface area (Å²) in [5, 5.41) is 5.66. The van der Waals surface area contributed by atoms with Crippen molar-refractivity contribution in [3.8, 4) is 5.75 Å². The fraction of sp³-hybridized carbons (Fsp3) is 0.235. The van der Waals surface area contributed by atoms with Crippen LogP contribution in [0.3, 0.4) is 0 Å². The number of nitrogens with zero attached hydrogens (tertiary/aromatic N) is 1. The number of carbonyl (C=O) groups is 2. The molecule has 0 saturated heterocycles. The summed E-state index contributed by atoms with van der Waals surface area (Å²) in [5.74, 6) is 0.362. The van der Waals surface area contributed by atoms with Crippen LogP contribution in [0.1, 0.15) is 22.8 Å². The predicted octanol–water partition coefficient (Wildman–Crippen LogP) is 1.77. The number of pyridine rings is 1. The van der Waals surface area contributed by atoms with Gasteiger partial charge >= 0.3 is 0 Å². The Balaban J connectivity index is 1.58. The maximum absolute atomic E-state index is 11.9. The maximum Gasteiger partial charge on any atom is 0.265 e. The summed E-state index contributed by atoms with van der Waals surface area (Å²) in [6, 6.07) is 9.08. The molecule has 1 aromatic carbocycles. The second-order valence-corrected chi connectivity index (χ2v) is 5.33. The van der Waals surface area contributed by atoms with Gasteiger partial charge in [-0.05, 0) is 43.2 Å². The minimum Gasteiger partial charge on any atom is -0.479 e. The van der Waals surface area contributed by atoms with Gasteiger partial charge in [0.25, 0.3) is 11.8 Å². The Morgan fingerprint density at radius 1 is 1.39 bits per heavy atom. The lowest BCUT2D eigenvalue weighted by Gasteiger charge is -2.23. The van der Waals surface area contributed by atoms with Gasteiger partial charge in [0.2, 0.25) is 0 Å². The van der Waals surface area contributed by atoms with E-state index in [9.17, 15) is 9.59 Å². The van der Waals surface area contributed by atoms with Crippen molar-refractivity contribution in [2.24, 2.45) is 0 Å². The third kappa shape index (κ3) is 3.48. The van der Waals surface area contributed by atoms with Crippen LogP contribution in [0.25, 0.3) is 0 Å². The zero-order valence-corrected chi connectivity index (χ0v) is 12.7. The predicted molar refractivity (Wildman–Crippen MR) is 85.4 cm³/mol. The molecule has 2 aromatic rings. The standard InChI is InChI=1S/C17H17N3O3/c1-11-16(21)20-14-9-12(4-5-15(14)23-11)6-8-19-17(22)13-3-2-7-18-10-13/h2-5,7,9-11H,6,8H2,1H3,(H,19,22)(H,20,21). The molecule has 1 aromatic heterocycles. The molecule has 1 atom stereocenters. The maximum atomic E-state index is 11.9. The second kappa shape index (κ2) is 6.48. The first-order valence-electron chi connectivity index (χ1n) is 7.42. The molecule has 6 heteroatoms. The molecule has 6 nitrogen and oxygen atoms in total. The first-order valence-corrected chi connectivity index (χ1v) is 7.42. The minimum absolute atomic E-state index is 0.151. The Morgan fingerprint density at radius 2 is 2.26 bits per heavy atom. The average Bonchev–Trinajstić information content (AvgIpc) is 2.57. The smallest absolute Gasteiger partial charge is 0.265 e. The molecule has 0 fully saturated rings. The molecule has 0 aliphatic carbocycles. The molecular formula is C17H17N3O3.